The van der Waals surface area contributed by atoms with E-state index in [0.29, 0.717) is 32.8 Å². The zero-order chi connectivity index (χ0) is 19.0. The summed E-state index contributed by atoms with van der Waals surface area (Å²) in [6.07, 6.45) is 1.62. The zero-order valence-corrected chi connectivity index (χ0v) is 15.4. The van der Waals surface area contributed by atoms with Crippen molar-refractivity contribution in [2.75, 3.05) is 6.79 Å². The summed E-state index contributed by atoms with van der Waals surface area (Å²) in [6.45, 7) is 0.499. The Morgan fingerprint density at radius 3 is 2.85 bits per heavy atom. The van der Waals surface area contributed by atoms with Gasteiger partial charge in [0.25, 0.3) is 11.6 Å². The number of non-ortho nitro benzene ring substituents is 1. The third-order valence-electron chi connectivity index (χ3n) is 4.03. The lowest BCUT2D eigenvalue weighted by atomic mass is 10.1. The van der Waals surface area contributed by atoms with Crippen LogP contribution in [0.2, 0.25) is 0 Å². The SMILES string of the molecule is O=C1/C(=C\c2cccc([N+](=O)[O-])c2)SC(=S)N1Cc1ccc2c(c1)OCO2. The van der Waals surface area contributed by atoms with Gasteiger partial charge in [-0.05, 0) is 29.3 Å². The topological polar surface area (TPSA) is 81.9 Å². The Labute approximate surface area is 163 Å². The van der Waals surface area contributed by atoms with E-state index in [-0.39, 0.29) is 18.4 Å². The molecule has 2 heterocycles. The molecule has 0 aromatic heterocycles. The predicted molar refractivity (Wildman–Crippen MR) is 104 cm³/mol. The van der Waals surface area contributed by atoms with Crippen LogP contribution in [-0.4, -0.2) is 26.8 Å². The van der Waals surface area contributed by atoms with Gasteiger partial charge in [-0.2, -0.15) is 0 Å². The first-order valence-corrected chi connectivity index (χ1v) is 9.12. The van der Waals surface area contributed by atoms with E-state index in [1.165, 1.54) is 28.8 Å². The molecule has 2 aliphatic heterocycles. The summed E-state index contributed by atoms with van der Waals surface area (Å²) in [6, 6.07) is 11.6. The Morgan fingerprint density at radius 2 is 2.04 bits per heavy atom. The smallest absolute Gasteiger partial charge is 0.270 e. The molecule has 0 spiro atoms. The summed E-state index contributed by atoms with van der Waals surface area (Å²) in [5, 5.41) is 10.9. The normalized spacial score (nSPS) is 17.0. The van der Waals surface area contributed by atoms with Crippen LogP contribution in [0.15, 0.2) is 47.4 Å². The second-order valence-corrected chi connectivity index (χ2v) is 7.48. The number of hydrogen-bond acceptors (Lipinski definition) is 7. The molecule has 1 saturated heterocycles. The van der Waals surface area contributed by atoms with Crippen molar-refractivity contribution in [3.8, 4) is 11.5 Å². The van der Waals surface area contributed by atoms with Crippen LogP contribution in [0.5, 0.6) is 11.5 Å². The van der Waals surface area contributed by atoms with Crippen LogP contribution >= 0.6 is 24.0 Å². The van der Waals surface area contributed by atoms with Gasteiger partial charge in [-0.3, -0.25) is 19.8 Å². The summed E-state index contributed by atoms with van der Waals surface area (Å²) >= 11 is 6.52. The molecular formula is C18H12N2O5S2. The molecule has 2 aromatic carbocycles. The molecule has 27 heavy (non-hydrogen) atoms. The number of nitrogens with zero attached hydrogens (tertiary/aromatic N) is 2. The van der Waals surface area contributed by atoms with Gasteiger partial charge in [-0.25, -0.2) is 0 Å². The highest BCUT2D eigenvalue weighted by molar-refractivity contribution is 8.26. The highest BCUT2D eigenvalue weighted by Gasteiger charge is 2.32. The van der Waals surface area contributed by atoms with Gasteiger partial charge < -0.3 is 9.47 Å². The molecular weight excluding hydrogens is 388 g/mol. The Kier molecular flexibility index (Phi) is 4.54. The van der Waals surface area contributed by atoms with Gasteiger partial charge in [-0.1, -0.05) is 42.2 Å². The molecule has 0 atom stereocenters. The molecule has 0 radical (unpaired) electrons. The molecule has 2 aliphatic rings. The monoisotopic (exact) mass is 400 g/mol. The van der Waals surface area contributed by atoms with Gasteiger partial charge >= 0.3 is 0 Å². The van der Waals surface area contributed by atoms with Crippen molar-refractivity contribution >= 4 is 46.0 Å². The number of amides is 1. The van der Waals surface area contributed by atoms with Gasteiger partial charge in [0.1, 0.15) is 4.32 Å². The van der Waals surface area contributed by atoms with Crippen molar-refractivity contribution in [3.63, 3.8) is 0 Å². The lowest BCUT2D eigenvalue weighted by Gasteiger charge is -2.14. The van der Waals surface area contributed by atoms with E-state index in [4.69, 9.17) is 21.7 Å². The summed E-state index contributed by atoms with van der Waals surface area (Å²) in [5.41, 5.74) is 1.42. The number of carbonyl (C=O) groups is 1. The standard InChI is InChI=1S/C18H12N2O5S2/c21-17-16(8-11-2-1-3-13(6-11)20(22)23)27-18(26)19(17)9-12-4-5-14-15(7-12)25-10-24-14/h1-8H,9-10H2/b16-8+. The molecule has 9 heteroatoms. The number of rotatable bonds is 4. The average molecular weight is 400 g/mol. The van der Waals surface area contributed by atoms with Crippen LogP contribution in [0.3, 0.4) is 0 Å². The average Bonchev–Trinajstić information content (AvgIpc) is 3.22. The second kappa shape index (κ2) is 7.01. The van der Waals surface area contributed by atoms with Crippen LogP contribution in [0, 0.1) is 10.1 Å². The van der Waals surface area contributed by atoms with E-state index >= 15 is 0 Å². The van der Waals surface area contributed by atoms with Crippen LogP contribution in [0.25, 0.3) is 6.08 Å². The first-order chi connectivity index (χ1) is 13.0. The first-order valence-electron chi connectivity index (χ1n) is 7.89. The highest BCUT2D eigenvalue weighted by atomic mass is 32.2. The van der Waals surface area contributed by atoms with Crippen LogP contribution in [0.4, 0.5) is 5.69 Å². The Balaban J connectivity index is 1.55. The Morgan fingerprint density at radius 1 is 1.22 bits per heavy atom. The Hall–Kier alpha value is -2.91. The van der Waals surface area contributed by atoms with Gasteiger partial charge in [0.15, 0.2) is 11.5 Å². The molecule has 4 rings (SSSR count). The summed E-state index contributed by atoms with van der Waals surface area (Å²) in [7, 11) is 0. The molecule has 136 valence electrons. The number of hydrogen-bond donors (Lipinski definition) is 0. The van der Waals surface area contributed by atoms with Crippen molar-refractivity contribution in [2.24, 2.45) is 0 Å². The first kappa shape index (κ1) is 17.5. The van der Waals surface area contributed by atoms with E-state index in [1.807, 2.05) is 12.1 Å². The molecule has 2 aromatic rings. The van der Waals surface area contributed by atoms with Crippen molar-refractivity contribution in [3.05, 3.63) is 68.6 Å². The van der Waals surface area contributed by atoms with Crippen molar-refractivity contribution in [1.82, 2.24) is 4.90 Å². The molecule has 0 bridgehead atoms. The summed E-state index contributed by atoms with van der Waals surface area (Å²) < 4.78 is 11.1. The fourth-order valence-electron chi connectivity index (χ4n) is 2.74. The van der Waals surface area contributed by atoms with Crippen LogP contribution < -0.4 is 9.47 Å². The minimum atomic E-state index is -0.470. The van der Waals surface area contributed by atoms with Gasteiger partial charge in [-0.15, -0.1) is 0 Å². The van der Waals surface area contributed by atoms with E-state index in [2.05, 4.69) is 0 Å². The molecule has 0 saturated carbocycles. The maximum Gasteiger partial charge on any atom is 0.270 e. The number of ether oxygens (including phenoxy) is 2. The third kappa shape index (κ3) is 3.51. The molecule has 1 amide bonds. The van der Waals surface area contributed by atoms with Crippen molar-refractivity contribution in [2.45, 2.75) is 6.54 Å². The van der Waals surface area contributed by atoms with Crippen LogP contribution in [0.1, 0.15) is 11.1 Å². The van der Waals surface area contributed by atoms with Crippen molar-refractivity contribution in [1.29, 1.82) is 0 Å². The lowest BCUT2D eigenvalue weighted by molar-refractivity contribution is -0.384. The quantitative estimate of drug-likeness (QED) is 0.335. The fourth-order valence-corrected chi connectivity index (χ4v) is 3.99. The van der Waals surface area contributed by atoms with E-state index in [0.717, 1.165) is 5.56 Å². The summed E-state index contributed by atoms with van der Waals surface area (Å²) in [5.74, 6) is 1.09. The zero-order valence-electron chi connectivity index (χ0n) is 13.8. The molecule has 0 unspecified atom stereocenters. The lowest BCUT2D eigenvalue weighted by Crippen LogP contribution is -2.27. The van der Waals surface area contributed by atoms with Gasteiger partial charge in [0, 0.05) is 12.1 Å². The summed E-state index contributed by atoms with van der Waals surface area (Å²) in [4.78, 5) is 25.1. The number of thioether (sulfide) groups is 1. The molecule has 0 N–H and O–H groups in total. The number of nitro benzene ring substituents is 1. The minimum absolute atomic E-state index is 0.0282. The number of fused-ring (bicyclic) bond motifs is 1. The number of benzene rings is 2. The van der Waals surface area contributed by atoms with E-state index < -0.39 is 4.92 Å². The van der Waals surface area contributed by atoms with Crippen molar-refractivity contribution < 1.29 is 19.2 Å². The maximum atomic E-state index is 12.7. The number of nitro groups is 1. The Bertz CT molecular complexity index is 1000. The molecule has 0 aliphatic carbocycles. The maximum absolute atomic E-state index is 12.7. The van der Waals surface area contributed by atoms with E-state index in [1.54, 1.807) is 24.3 Å². The number of thiocarbonyl (C=S) groups is 1. The number of carbonyl (C=O) groups excluding carboxylic acids is 1. The molecule has 7 nitrogen and oxygen atoms in total. The second-order valence-electron chi connectivity index (χ2n) is 5.81. The fraction of sp³-hybridized carbons (Fsp3) is 0.111. The third-order valence-corrected chi connectivity index (χ3v) is 5.41. The van der Waals surface area contributed by atoms with E-state index in [9.17, 15) is 14.9 Å². The minimum Gasteiger partial charge on any atom is -0.454 e. The van der Waals surface area contributed by atoms with Gasteiger partial charge in [0.2, 0.25) is 6.79 Å². The van der Waals surface area contributed by atoms with Gasteiger partial charge in [0.05, 0.1) is 16.4 Å². The highest BCUT2D eigenvalue weighted by Crippen LogP contribution is 2.36. The largest absolute Gasteiger partial charge is 0.454 e. The van der Waals surface area contributed by atoms with Crippen LogP contribution in [-0.2, 0) is 11.3 Å². The predicted octanol–water partition coefficient (Wildman–Crippen LogP) is 3.72. The molecule has 1 fully saturated rings.